The van der Waals surface area contributed by atoms with Crippen molar-refractivity contribution in [3.63, 3.8) is 0 Å². The molecule has 6 nitrogen and oxygen atoms in total. The van der Waals surface area contributed by atoms with Crippen LogP contribution in [-0.4, -0.2) is 31.5 Å². The molecule has 2 N–H and O–H groups in total. The van der Waals surface area contributed by atoms with E-state index in [1.54, 1.807) is 18.2 Å². The fourth-order valence-electron chi connectivity index (χ4n) is 3.16. The molecule has 0 unspecified atom stereocenters. The number of thioether (sulfide) groups is 1. The number of benzene rings is 3. The highest BCUT2D eigenvalue weighted by atomic mass is 35.5. The average Bonchev–Trinajstić information content (AvgIpc) is 3.17. The van der Waals surface area contributed by atoms with Crippen LogP contribution in [0.25, 0.3) is 0 Å². The highest BCUT2D eigenvalue weighted by molar-refractivity contribution is 7.99. The monoisotopic (exact) mass is 464 g/mol. The molecule has 3 aromatic carbocycles. The molecular weight excluding hydrogens is 444 g/mol. The molecule has 1 aromatic heterocycles. The molecule has 162 valence electrons. The minimum atomic E-state index is -0.234. The molecule has 1 heterocycles. The first-order valence-corrected chi connectivity index (χ1v) is 11.4. The van der Waals surface area contributed by atoms with Gasteiger partial charge in [0.2, 0.25) is 5.91 Å². The van der Waals surface area contributed by atoms with Crippen molar-refractivity contribution in [2.75, 3.05) is 11.1 Å². The summed E-state index contributed by atoms with van der Waals surface area (Å²) >= 11 is 7.33. The maximum absolute atomic E-state index is 12.4. The Labute approximate surface area is 195 Å². The lowest BCUT2D eigenvalue weighted by atomic mass is 10.1. The van der Waals surface area contributed by atoms with E-state index in [1.807, 2.05) is 59.2 Å². The van der Waals surface area contributed by atoms with Gasteiger partial charge in [-0.3, -0.25) is 4.79 Å². The van der Waals surface area contributed by atoms with Gasteiger partial charge in [-0.05, 0) is 35.4 Å². The number of carbonyl (C=O) groups excluding carboxylic acids is 1. The molecule has 1 amide bonds. The number of aromatic hydroxyl groups is 1. The van der Waals surface area contributed by atoms with E-state index in [4.69, 9.17) is 11.6 Å². The molecule has 0 aliphatic heterocycles. The van der Waals surface area contributed by atoms with Crippen molar-refractivity contribution in [1.82, 2.24) is 14.8 Å². The standard InChI is InChI=1S/C24H21ClN4O2S/c25-19-12-10-18(11-13-19)15-29-22(14-17-6-2-1-3-7-17)27-28-24(29)32-16-23(31)26-20-8-4-5-9-21(20)30/h1-13,30H,14-16H2,(H,26,31). The third kappa shape index (κ3) is 5.69. The number of amides is 1. The van der Waals surface area contributed by atoms with E-state index >= 15 is 0 Å². The molecule has 0 atom stereocenters. The van der Waals surface area contributed by atoms with E-state index in [0.717, 1.165) is 17.0 Å². The number of nitrogens with zero attached hydrogens (tertiary/aromatic N) is 3. The van der Waals surface area contributed by atoms with Gasteiger partial charge in [-0.1, -0.05) is 78.0 Å². The van der Waals surface area contributed by atoms with E-state index in [2.05, 4.69) is 15.5 Å². The van der Waals surface area contributed by atoms with Crippen LogP contribution in [0.2, 0.25) is 5.02 Å². The van der Waals surface area contributed by atoms with E-state index in [0.29, 0.717) is 28.8 Å². The van der Waals surface area contributed by atoms with Crippen LogP contribution in [0.3, 0.4) is 0 Å². The van der Waals surface area contributed by atoms with Gasteiger partial charge in [0.25, 0.3) is 0 Å². The van der Waals surface area contributed by atoms with Crippen LogP contribution in [0.1, 0.15) is 17.0 Å². The third-order valence-corrected chi connectivity index (χ3v) is 5.98. The van der Waals surface area contributed by atoms with Crippen LogP contribution in [0.15, 0.2) is 84.0 Å². The van der Waals surface area contributed by atoms with Crippen molar-refractivity contribution in [1.29, 1.82) is 0 Å². The first-order valence-electron chi connectivity index (χ1n) is 9.99. The van der Waals surface area contributed by atoms with Gasteiger partial charge in [-0.25, -0.2) is 0 Å². The Bertz CT molecular complexity index is 1200. The summed E-state index contributed by atoms with van der Waals surface area (Å²) < 4.78 is 2.02. The fraction of sp³-hybridized carbons (Fsp3) is 0.125. The zero-order chi connectivity index (χ0) is 22.3. The van der Waals surface area contributed by atoms with Crippen LogP contribution < -0.4 is 5.32 Å². The number of nitrogens with one attached hydrogen (secondary N) is 1. The molecule has 4 rings (SSSR count). The van der Waals surface area contributed by atoms with Crippen LogP contribution in [0.4, 0.5) is 5.69 Å². The van der Waals surface area contributed by atoms with E-state index in [1.165, 1.54) is 17.8 Å². The zero-order valence-corrected chi connectivity index (χ0v) is 18.7. The van der Waals surface area contributed by atoms with Crippen LogP contribution >= 0.6 is 23.4 Å². The van der Waals surface area contributed by atoms with Crippen molar-refractivity contribution in [3.05, 3.63) is 101 Å². The van der Waals surface area contributed by atoms with Crippen LogP contribution in [0, 0.1) is 0 Å². The van der Waals surface area contributed by atoms with E-state index in [-0.39, 0.29) is 17.4 Å². The molecule has 0 bridgehead atoms. The number of carbonyl (C=O) groups is 1. The predicted molar refractivity (Wildman–Crippen MR) is 127 cm³/mol. The number of anilines is 1. The minimum Gasteiger partial charge on any atom is -0.506 e. The summed E-state index contributed by atoms with van der Waals surface area (Å²) in [5.41, 5.74) is 2.57. The molecule has 32 heavy (non-hydrogen) atoms. The molecule has 0 saturated heterocycles. The topological polar surface area (TPSA) is 80.0 Å². The van der Waals surface area contributed by atoms with E-state index in [9.17, 15) is 9.90 Å². The maximum atomic E-state index is 12.4. The lowest BCUT2D eigenvalue weighted by Gasteiger charge is -2.11. The molecule has 0 aliphatic rings. The Balaban J connectivity index is 1.51. The van der Waals surface area contributed by atoms with Crippen molar-refractivity contribution in [2.45, 2.75) is 18.1 Å². The van der Waals surface area contributed by atoms with Gasteiger partial charge in [0.1, 0.15) is 11.6 Å². The Hall–Kier alpha value is -3.29. The van der Waals surface area contributed by atoms with Gasteiger partial charge >= 0.3 is 0 Å². The van der Waals surface area contributed by atoms with Gasteiger partial charge < -0.3 is 15.0 Å². The fourth-order valence-corrected chi connectivity index (χ4v) is 4.04. The number of phenolic OH excluding ortho intramolecular Hbond substituents is 1. The normalized spacial score (nSPS) is 10.8. The number of hydrogen-bond acceptors (Lipinski definition) is 5. The lowest BCUT2D eigenvalue weighted by molar-refractivity contribution is -0.113. The summed E-state index contributed by atoms with van der Waals surface area (Å²) in [5, 5.41) is 22.6. The first-order chi connectivity index (χ1) is 15.6. The predicted octanol–water partition coefficient (Wildman–Crippen LogP) is 5.01. The summed E-state index contributed by atoms with van der Waals surface area (Å²) in [6.07, 6.45) is 0.631. The molecule has 0 spiro atoms. The highest BCUT2D eigenvalue weighted by Gasteiger charge is 2.16. The Kier molecular flexibility index (Phi) is 7.09. The lowest BCUT2D eigenvalue weighted by Crippen LogP contribution is -2.15. The first kappa shape index (κ1) is 21.9. The maximum Gasteiger partial charge on any atom is 0.234 e. The van der Waals surface area contributed by atoms with Gasteiger partial charge in [0, 0.05) is 11.4 Å². The molecule has 8 heteroatoms. The second-order valence-electron chi connectivity index (χ2n) is 7.13. The van der Waals surface area contributed by atoms with Crippen molar-refractivity contribution >= 4 is 35.0 Å². The van der Waals surface area contributed by atoms with Crippen LogP contribution in [0.5, 0.6) is 5.75 Å². The molecule has 0 radical (unpaired) electrons. The van der Waals surface area contributed by atoms with Crippen molar-refractivity contribution in [3.8, 4) is 5.75 Å². The molecule has 0 fully saturated rings. The number of halogens is 1. The second-order valence-corrected chi connectivity index (χ2v) is 8.51. The summed E-state index contributed by atoms with van der Waals surface area (Å²) in [4.78, 5) is 12.4. The van der Waals surface area contributed by atoms with Gasteiger partial charge in [-0.2, -0.15) is 0 Å². The number of rotatable bonds is 8. The Morgan fingerprint density at radius 1 is 0.938 bits per heavy atom. The van der Waals surface area contributed by atoms with E-state index < -0.39 is 0 Å². The SMILES string of the molecule is O=C(CSc1nnc(Cc2ccccc2)n1Cc1ccc(Cl)cc1)Nc1ccccc1O. The molecule has 0 aliphatic carbocycles. The van der Waals surface area contributed by atoms with Gasteiger partial charge in [0.05, 0.1) is 18.0 Å². The number of phenols is 1. The quantitative estimate of drug-likeness (QED) is 0.283. The highest BCUT2D eigenvalue weighted by Crippen LogP contribution is 2.24. The summed E-state index contributed by atoms with van der Waals surface area (Å²) in [6.45, 7) is 0.565. The summed E-state index contributed by atoms with van der Waals surface area (Å²) in [7, 11) is 0. The minimum absolute atomic E-state index is 0.0295. The number of para-hydroxylation sites is 2. The second kappa shape index (κ2) is 10.3. The van der Waals surface area contributed by atoms with Crippen molar-refractivity contribution < 1.29 is 9.90 Å². The van der Waals surface area contributed by atoms with Gasteiger partial charge in [-0.15, -0.1) is 10.2 Å². The molecule has 4 aromatic rings. The van der Waals surface area contributed by atoms with Gasteiger partial charge in [0.15, 0.2) is 5.16 Å². The summed E-state index contributed by atoms with van der Waals surface area (Å²) in [5.74, 6) is 0.747. The average molecular weight is 465 g/mol. The van der Waals surface area contributed by atoms with Crippen molar-refractivity contribution in [2.24, 2.45) is 0 Å². The number of hydrogen-bond donors (Lipinski definition) is 2. The largest absolute Gasteiger partial charge is 0.506 e. The summed E-state index contributed by atoms with van der Waals surface area (Å²) in [6, 6.07) is 24.3. The molecular formula is C24H21ClN4O2S. The Morgan fingerprint density at radius 2 is 1.66 bits per heavy atom. The third-order valence-electron chi connectivity index (χ3n) is 4.76. The smallest absolute Gasteiger partial charge is 0.234 e. The Morgan fingerprint density at radius 3 is 2.41 bits per heavy atom. The zero-order valence-electron chi connectivity index (χ0n) is 17.1. The molecule has 0 saturated carbocycles. The van der Waals surface area contributed by atoms with Crippen LogP contribution in [-0.2, 0) is 17.8 Å². The number of aromatic nitrogens is 3.